The molecule has 0 saturated heterocycles. The minimum Gasteiger partial charge on any atom is -0.450 e. The van der Waals surface area contributed by atoms with Gasteiger partial charge in [-0.25, -0.2) is 13.6 Å². The molecule has 0 aliphatic rings. The van der Waals surface area contributed by atoms with Gasteiger partial charge in [0.05, 0.1) is 0 Å². The SMILES string of the molecule is FC(F)=C(F)C(F)F.O=C(O)O. The molecule has 0 aromatic rings. The standard InChI is InChI=1S/C3HF5.CH2O3/c4-1(2(5)6)3(7)8;2-1(3)4/h2H;(H2,2,3,4). The lowest BCUT2D eigenvalue weighted by molar-refractivity contribution is 0.136. The predicted molar refractivity (Wildman–Crippen MR) is 27.0 cm³/mol. The van der Waals surface area contributed by atoms with Gasteiger partial charge >= 0.3 is 12.2 Å². The molecule has 12 heavy (non-hydrogen) atoms. The molecule has 3 nitrogen and oxygen atoms in total. The van der Waals surface area contributed by atoms with Crippen LogP contribution in [0.25, 0.3) is 0 Å². The first kappa shape index (κ1) is 13.3. The van der Waals surface area contributed by atoms with Crippen LogP contribution in [0.15, 0.2) is 11.9 Å². The molecule has 0 aromatic carbocycles. The molecule has 8 heteroatoms. The van der Waals surface area contributed by atoms with E-state index >= 15 is 0 Å². The second kappa shape index (κ2) is 6.38. The van der Waals surface area contributed by atoms with E-state index in [1.165, 1.54) is 0 Å². The Labute approximate surface area is 62.7 Å². The highest BCUT2D eigenvalue weighted by atomic mass is 19.3. The molecule has 0 fully saturated rings. The Morgan fingerprint density at radius 1 is 1.08 bits per heavy atom. The van der Waals surface area contributed by atoms with Crippen LogP contribution in [0.5, 0.6) is 0 Å². The number of rotatable bonds is 1. The van der Waals surface area contributed by atoms with Crippen LogP contribution in [-0.4, -0.2) is 22.8 Å². The maximum atomic E-state index is 11.0. The number of carbonyl (C=O) groups is 1. The summed E-state index contributed by atoms with van der Waals surface area (Å²) in [6.45, 7) is 0. The molecule has 0 heterocycles. The van der Waals surface area contributed by atoms with E-state index in [0.29, 0.717) is 0 Å². The lowest BCUT2D eigenvalue weighted by Gasteiger charge is -1.88. The van der Waals surface area contributed by atoms with Crippen LogP contribution in [0.3, 0.4) is 0 Å². The zero-order valence-corrected chi connectivity index (χ0v) is 5.27. The molecular weight excluding hydrogens is 191 g/mol. The maximum absolute atomic E-state index is 11.0. The van der Waals surface area contributed by atoms with Crippen molar-refractivity contribution in [3.05, 3.63) is 11.9 Å². The molecule has 0 saturated carbocycles. The first-order valence-corrected chi connectivity index (χ1v) is 2.19. The third kappa shape index (κ3) is 11.5. The van der Waals surface area contributed by atoms with Gasteiger partial charge in [-0.3, -0.25) is 0 Å². The molecule has 0 aromatic heterocycles. The van der Waals surface area contributed by atoms with Crippen molar-refractivity contribution in [1.82, 2.24) is 0 Å². The van der Waals surface area contributed by atoms with E-state index in [1.54, 1.807) is 0 Å². The monoisotopic (exact) mass is 194 g/mol. The Hall–Kier alpha value is -1.34. The summed E-state index contributed by atoms with van der Waals surface area (Å²) in [7, 11) is 0. The summed E-state index contributed by atoms with van der Waals surface area (Å²) in [5.41, 5.74) is 0. The van der Waals surface area contributed by atoms with E-state index in [2.05, 4.69) is 0 Å². The maximum Gasteiger partial charge on any atom is 0.503 e. The highest BCUT2D eigenvalue weighted by Gasteiger charge is 2.16. The summed E-state index contributed by atoms with van der Waals surface area (Å²) in [6.07, 6.45) is -8.49. The van der Waals surface area contributed by atoms with E-state index in [1.807, 2.05) is 0 Å². The summed E-state index contributed by atoms with van der Waals surface area (Å²) in [6, 6.07) is 0. The van der Waals surface area contributed by atoms with E-state index in [-0.39, 0.29) is 0 Å². The van der Waals surface area contributed by atoms with Crippen molar-refractivity contribution < 1.29 is 37.0 Å². The van der Waals surface area contributed by atoms with Gasteiger partial charge in [0.25, 0.3) is 6.43 Å². The topological polar surface area (TPSA) is 57.5 Å². The summed E-state index contributed by atoms with van der Waals surface area (Å²) < 4.78 is 54.0. The fourth-order valence-corrected chi connectivity index (χ4v) is 0.0825. The minimum atomic E-state index is -3.69. The fourth-order valence-electron chi connectivity index (χ4n) is 0.0825. The predicted octanol–water partition coefficient (Wildman–Crippen LogP) is 2.55. The van der Waals surface area contributed by atoms with Crippen molar-refractivity contribution in [1.29, 1.82) is 0 Å². The molecular formula is C4H3F5O3. The molecule has 0 aliphatic carbocycles. The number of halogens is 5. The summed E-state index contributed by atoms with van der Waals surface area (Å²) in [5, 5.41) is 13.9. The van der Waals surface area contributed by atoms with E-state index in [9.17, 15) is 22.0 Å². The van der Waals surface area contributed by atoms with Crippen LogP contribution < -0.4 is 0 Å². The Morgan fingerprint density at radius 2 is 1.33 bits per heavy atom. The third-order valence-corrected chi connectivity index (χ3v) is 0.372. The van der Waals surface area contributed by atoms with Crippen LogP contribution in [0.4, 0.5) is 26.7 Å². The Morgan fingerprint density at radius 3 is 1.33 bits per heavy atom. The number of alkyl halides is 2. The highest BCUT2D eigenvalue weighted by molar-refractivity contribution is 5.53. The van der Waals surface area contributed by atoms with Crippen molar-refractivity contribution in [3.8, 4) is 0 Å². The van der Waals surface area contributed by atoms with E-state index < -0.39 is 24.5 Å². The van der Waals surface area contributed by atoms with E-state index in [0.717, 1.165) is 0 Å². The average Bonchev–Trinajstić information content (AvgIpc) is 1.84. The van der Waals surface area contributed by atoms with E-state index in [4.69, 9.17) is 15.0 Å². The molecule has 2 N–H and O–H groups in total. The van der Waals surface area contributed by atoms with Gasteiger partial charge in [0, 0.05) is 0 Å². The third-order valence-electron chi connectivity index (χ3n) is 0.372. The zero-order chi connectivity index (χ0) is 10.3. The molecule has 0 spiro atoms. The van der Waals surface area contributed by atoms with Gasteiger partial charge in [-0.2, -0.15) is 13.2 Å². The minimum absolute atomic E-state index is 1.83. The normalized spacial score (nSPS) is 8.50. The quantitative estimate of drug-likeness (QED) is 0.630. The molecule has 0 unspecified atom stereocenters. The van der Waals surface area contributed by atoms with Gasteiger partial charge in [-0.05, 0) is 0 Å². The fraction of sp³-hybridized carbons (Fsp3) is 0.250. The van der Waals surface area contributed by atoms with Crippen molar-refractivity contribution >= 4 is 6.16 Å². The number of allylic oxidation sites excluding steroid dienone is 1. The van der Waals surface area contributed by atoms with Crippen molar-refractivity contribution in [3.63, 3.8) is 0 Å². The molecule has 0 radical (unpaired) electrons. The van der Waals surface area contributed by atoms with Crippen LogP contribution in [0.2, 0.25) is 0 Å². The molecule has 0 bridgehead atoms. The largest absolute Gasteiger partial charge is 0.503 e. The van der Waals surface area contributed by atoms with Gasteiger partial charge in [-0.1, -0.05) is 0 Å². The highest BCUT2D eigenvalue weighted by Crippen LogP contribution is 2.16. The van der Waals surface area contributed by atoms with Crippen molar-refractivity contribution in [2.24, 2.45) is 0 Å². The second-order valence-electron chi connectivity index (χ2n) is 1.19. The van der Waals surface area contributed by atoms with Gasteiger partial charge in [0.1, 0.15) is 0 Å². The lowest BCUT2D eigenvalue weighted by atomic mass is 10.6. The van der Waals surface area contributed by atoms with Crippen LogP contribution in [-0.2, 0) is 0 Å². The Bertz CT molecular complexity index is 170. The van der Waals surface area contributed by atoms with Gasteiger partial charge < -0.3 is 10.2 Å². The summed E-state index contributed by atoms with van der Waals surface area (Å²) >= 11 is 0. The van der Waals surface area contributed by atoms with Gasteiger partial charge in [0.15, 0.2) is 0 Å². The average molecular weight is 194 g/mol. The lowest BCUT2D eigenvalue weighted by Crippen LogP contribution is -1.90. The summed E-state index contributed by atoms with van der Waals surface area (Å²) in [5.74, 6) is -2.65. The Balaban J connectivity index is 0. The summed E-state index contributed by atoms with van der Waals surface area (Å²) in [4.78, 5) is 8.56. The number of hydrogen-bond donors (Lipinski definition) is 2. The molecule has 72 valence electrons. The molecule has 0 atom stereocenters. The van der Waals surface area contributed by atoms with Gasteiger partial charge in [-0.15, -0.1) is 0 Å². The van der Waals surface area contributed by atoms with Gasteiger partial charge in [0.2, 0.25) is 5.83 Å². The van der Waals surface area contributed by atoms with Crippen LogP contribution >= 0.6 is 0 Å². The molecule has 0 aliphatic heterocycles. The van der Waals surface area contributed by atoms with Crippen LogP contribution in [0, 0.1) is 0 Å². The van der Waals surface area contributed by atoms with Crippen LogP contribution in [0.1, 0.15) is 0 Å². The molecule has 0 amide bonds. The molecule has 0 rings (SSSR count). The first-order chi connectivity index (χ1) is 5.29. The zero-order valence-electron chi connectivity index (χ0n) is 5.27. The smallest absolute Gasteiger partial charge is 0.450 e. The Kier molecular flexibility index (Phi) is 7.05. The van der Waals surface area contributed by atoms with Crippen molar-refractivity contribution in [2.75, 3.05) is 0 Å². The number of hydrogen-bond acceptors (Lipinski definition) is 1. The van der Waals surface area contributed by atoms with Crippen molar-refractivity contribution in [2.45, 2.75) is 6.43 Å². The first-order valence-electron chi connectivity index (χ1n) is 2.19. The number of carboxylic acid groups (broad SMARTS) is 2. The second-order valence-corrected chi connectivity index (χ2v) is 1.19.